The number of primary amides is 1. The Balaban J connectivity index is 1.61. The van der Waals surface area contributed by atoms with Crippen LogP contribution in [0.15, 0.2) is 66.5 Å². The minimum Gasteiger partial charge on any atom is -0.457 e. The second-order valence-electron chi connectivity index (χ2n) is 6.19. The van der Waals surface area contributed by atoms with Crippen LogP contribution in [-0.2, 0) is 10.3 Å². The van der Waals surface area contributed by atoms with E-state index in [0.717, 1.165) is 36.6 Å². The molecule has 2 aliphatic rings. The molecule has 6 heteroatoms. The molecule has 0 bridgehead atoms. The van der Waals surface area contributed by atoms with Crippen molar-refractivity contribution in [2.24, 2.45) is 5.73 Å². The SMILES string of the molecule is NC(=O)C1(c2ccc(Oc3ccccc3)cc2)C=C2NCCCN2N1. The van der Waals surface area contributed by atoms with Crippen molar-refractivity contribution in [3.05, 3.63) is 72.1 Å². The number of hydrogen-bond acceptors (Lipinski definition) is 5. The lowest BCUT2D eigenvalue weighted by Crippen LogP contribution is -2.54. The molecule has 1 amide bonds. The van der Waals surface area contributed by atoms with Gasteiger partial charge in [0.25, 0.3) is 0 Å². The number of nitrogens with zero attached hydrogens (tertiary/aromatic N) is 1. The molecule has 1 atom stereocenters. The molecular formula is C19H20N4O2. The third kappa shape index (κ3) is 2.81. The average molecular weight is 336 g/mol. The van der Waals surface area contributed by atoms with Crippen molar-refractivity contribution in [2.45, 2.75) is 12.0 Å². The maximum atomic E-state index is 12.3. The van der Waals surface area contributed by atoms with Gasteiger partial charge in [-0.15, -0.1) is 0 Å². The molecule has 4 N–H and O–H groups in total. The maximum Gasteiger partial charge on any atom is 0.248 e. The van der Waals surface area contributed by atoms with Crippen LogP contribution in [0.2, 0.25) is 0 Å². The zero-order chi connectivity index (χ0) is 17.3. The summed E-state index contributed by atoms with van der Waals surface area (Å²) in [5.41, 5.74) is 8.74. The maximum absolute atomic E-state index is 12.3. The normalized spacial score (nSPS) is 21.9. The fourth-order valence-corrected chi connectivity index (χ4v) is 3.19. The largest absolute Gasteiger partial charge is 0.457 e. The van der Waals surface area contributed by atoms with Crippen molar-refractivity contribution < 1.29 is 9.53 Å². The van der Waals surface area contributed by atoms with Crippen LogP contribution in [0.4, 0.5) is 0 Å². The van der Waals surface area contributed by atoms with E-state index in [1.165, 1.54) is 0 Å². The molecule has 0 saturated carbocycles. The zero-order valence-corrected chi connectivity index (χ0v) is 13.7. The number of para-hydroxylation sites is 1. The lowest BCUT2D eigenvalue weighted by atomic mass is 9.90. The Morgan fingerprint density at radius 1 is 1.08 bits per heavy atom. The van der Waals surface area contributed by atoms with Crippen LogP contribution < -0.4 is 21.2 Å². The number of carbonyl (C=O) groups is 1. The monoisotopic (exact) mass is 336 g/mol. The highest BCUT2D eigenvalue weighted by atomic mass is 16.5. The predicted molar refractivity (Wildman–Crippen MR) is 94.4 cm³/mol. The molecule has 2 heterocycles. The summed E-state index contributed by atoms with van der Waals surface area (Å²) < 4.78 is 5.81. The number of fused-ring (bicyclic) bond motifs is 1. The standard InChI is InChI=1S/C19H20N4O2/c20-18(24)19(13-17-21-11-4-12-23(17)22-19)14-7-9-16(10-8-14)25-15-5-2-1-3-6-15/h1-3,5-10,13,21-22H,4,11-12H2,(H2,20,24). The first-order valence-electron chi connectivity index (χ1n) is 8.33. The van der Waals surface area contributed by atoms with Crippen LogP contribution in [0.5, 0.6) is 11.5 Å². The van der Waals surface area contributed by atoms with Gasteiger partial charge in [-0.1, -0.05) is 30.3 Å². The Morgan fingerprint density at radius 2 is 1.80 bits per heavy atom. The number of rotatable bonds is 4. The second-order valence-corrected chi connectivity index (χ2v) is 6.19. The summed E-state index contributed by atoms with van der Waals surface area (Å²) in [7, 11) is 0. The second kappa shape index (κ2) is 6.14. The van der Waals surface area contributed by atoms with Crippen LogP contribution in [-0.4, -0.2) is 24.0 Å². The van der Waals surface area contributed by atoms with Gasteiger partial charge in [0.05, 0.1) is 0 Å². The predicted octanol–water partition coefficient (Wildman–Crippen LogP) is 1.81. The van der Waals surface area contributed by atoms with E-state index in [4.69, 9.17) is 10.5 Å². The van der Waals surface area contributed by atoms with E-state index in [0.29, 0.717) is 5.75 Å². The molecule has 4 rings (SSSR count). The van der Waals surface area contributed by atoms with Crippen LogP contribution in [0.3, 0.4) is 0 Å². The number of carbonyl (C=O) groups excluding carboxylic acids is 1. The quantitative estimate of drug-likeness (QED) is 0.794. The Hall–Kier alpha value is -2.99. The molecule has 2 aliphatic heterocycles. The van der Waals surface area contributed by atoms with E-state index in [9.17, 15) is 4.79 Å². The first-order valence-corrected chi connectivity index (χ1v) is 8.33. The van der Waals surface area contributed by atoms with Gasteiger partial charge in [-0.3, -0.25) is 9.80 Å². The first-order chi connectivity index (χ1) is 12.2. The fraction of sp³-hybridized carbons (Fsp3) is 0.211. The smallest absolute Gasteiger partial charge is 0.248 e. The van der Waals surface area contributed by atoms with E-state index < -0.39 is 11.4 Å². The molecule has 6 nitrogen and oxygen atoms in total. The Kier molecular flexibility index (Phi) is 3.82. The van der Waals surface area contributed by atoms with Gasteiger partial charge in [-0.2, -0.15) is 0 Å². The topological polar surface area (TPSA) is 79.6 Å². The van der Waals surface area contributed by atoms with Crippen molar-refractivity contribution in [2.75, 3.05) is 13.1 Å². The molecule has 0 radical (unpaired) electrons. The van der Waals surface area contributed by atoms with Crippen LogP contribution in [0, 0.1) is 0 Å². The minimum absolute atomic E-state index is 0.437. The van der Waals surface area contributed by atoms with E-state index in [2.05, 4.69) is 10.7 Å². The van der Waals surface area contributed by atoms with E-state index in [-0.39, 0.29) is 0 Å². The molecular weight excluding hydrogens is 316 g/mol. The van der Waals surface area contributed by atoms with Crippen molar-refractivity contribution in [3.8, 4) is 11.5 Å². The number of nitrogens with one attached hydrogen (secondary N) is 2. The minimum atomic E-state index is -1.04. The van der Waals surface area contributed by atoms with Gasteiger partial charge in [-0.25, -0.2) is 5.43 Å². The van der Waals surface area contributed by atoms with Crippen LogP contribution in [0.25, 0.3) is 0 Å². The van der Waals surface area contributed by atoms with Gasteiger partial charge < -0.3 is 15.8 Å². The molecule has 1 saturated heterocycles. The van der Waals surface area contributed by atoms with E-state index in [1.807, 2.05) is 65.7 Å². The molecule has 2 aromatic carbocycles. The number of benzene rings is 2. The van der Waals surface area contributed by atoms with E-state index in [1.54, 1.807) is 0 Å². The Labute approximate surface area is 146 Å². The van der Waals surface area contributed by atoms with Crippen molar-refractivity contribution in [1.82, 2.24) is 15.8 Å². The van der Waals surface area contributed by atoms with Gasteiger partial charge in [0.15, 0.2) is 5.54 Å². The van der Waals surface area contributed by atoms with Gasteiger partial charge in [-0.05, 0) is 42.3 Å². The molecule has 1 unspecified atom stereocenters. The van der Waals surface area contributed by atoms with Crippen LogP contribution in [0.1, 0.15) is 12.0 Å². The van der Waals surface area contributed by atoms with Crippen molar-refractivity contribution >= 4 is 5.91 Å². The summed E-state index contributed by atoms with van der Waals surface area (Å²) in [6.45, 7) is 1.73. The van der Waals surface area contributed by atoms with Gasteiger partial charge in [0.2, 0.25) is 5.91 Å². The summed E-state index contributed by atoms with van der Waals surface area (Å²) in [6.07, 6.45) is 2.87. The highest BCUT2D eigenvalue weighted by Gasteiger charge is 2.44. The summed E-state index contributed by atoms with van der Waals surface area (Å²) in [4.78, 5) is 12.3. The van der Waals surface area contributed by atoms with Crippen LogP contribution >= 0.6 is 0 Å². The van der Waals surface area contributed by atoms with Gasteiger partial charge in [0.1, 0.15) is 17.3 Å². The Morgan fingerprint density at radius 3 is 2.48 bits per heavy atom. The van der Waals surface area contributed by atoms with Gasteiger partial charge in [0, 0.05) is 13.1 Å². The van der Waals surface area contributed by atoms with Gasteiger partial charge >= 0.3 is 0 Å². The first kappa shape index (κ1) is 15.5. The van der Waals surface area contributed by atoms with Crippen molar-refractivity contribution in [3.63, 3.8) is 0 Å². The lowest BCUT2D eigenvalue weighted by molar-refractivity contribution is -0.124. The average Bonchev–Trinajstić information content (AvgIpc) is 3.04. The zero-order valence-electron chi connectivity index (χ0n) is 13.7. The molecule has 1 fully saturated rings. The summed E-state index contributed by atoms with van der Waals surface area (Å²) in [5.74, 6) is 1.93. The molecule has 25 heavy (non-hydrogen) atoms. The number of nitrogens with two attached hydrogens (primary N) is 1. The summed E-state index contributed by atoms with van der Waals surface area (Å²) in [6, 6.07) is 17.0. The van der Waals surface area contributed by atoms with E-state index >= 15 is 0 Å². The number of amides is 1. The lowest BCUT2D eigenvalue weighted by Gasteiger charge is -2.32. The number of hydrazine groups is 1. The molecule has 0 spiro atoms. The molecule has 2 aromatic rings. The highest BCUT2D eigenvalue weighted by Crippen LogP contribution is 2.33. The number of hydrogen-bond donors (Lipinski definition) is 3. The third-order valence-electron chi connectivity index (χ3n) is 4.50. The Bertz CT molecular complexity index is 804. The third-order valence-corrected chi connectivity index (χ3v) is 4.50. The summed E-state index contributed by atoms with van der Waals surface area (Å²) in [5, 5.41) is 5.24. The van der Waals surface area contributed by atoms with Crippen molar-refractivity contribution in [1.29, 1.82) is 0 Å². The molecule has 128 valence electrons. The molecule has 0 aromatic heterocycles. The molecule has 0 aliphatic carbocycles. The summed E-state index contributed by atoms with van der Waals surface area (Å²) >= 11 is 0. The highest BCUT2D eigenvalue weighted by molar-refractivity contribution is 5.89. The number of ether oxygens (including phenoxy) is 1. The fourth-order valence-electron chi connectivity index (χ4n) is 3.19.